The van der Waals surface area contributed by atoms with Crippen molar-refractivity contribution in [1.29, 1.82) is 0 Å². The van der Waals surface area contributed by atoms with Crippen LogP contribution in [-0.4, -0.2) is 26.2 Å². The van der Waals surface area contributed by atoms with Gasteiger partial charge in [-0.3, -0.25) is 4.79 Å². The lowest BCUT2D eigenvalue weighted by molar-refractivity contribution is -0.116. The summed E-state index contributed by atoms with van der Waals surface area (Å²) in [7, 11) is 1.61. The topological polar surface area (TPSA) is 64.3 Å². The second-order valence-electron chi connectivity index (χ2n) is 3.85. The van der Waals surface area contributed by atoms with Crippen LogP contribution in [0.3, 0.4) is 0 Å². The smallest absolute Gasteiger partial charge is 0.224 e. The highest BCUT2D eigenvalue weighted by atomic mass is 35.5. The van der Waals surface area contributed by atoms with E-state index in [0.717, 1.165) is 5.56 Å². The number of hydrogen-bond donors (Lipinski definition) is 2. The van der Waals surface area contributed by atoms with Gasteiger partial charge in [0.2, 0.25) is 5.91 Å². The van der Waals surface area contributed by atoms with Gasteiger partial charge in [0.25, 0.3) is 0 Å². The molecule has 0 unspecified atom stereocenters. The lowest BCUT2D eigenvalue weighted by atomic mass is 10.2. The zero-order chi connectivity index (χ0) is 14.1. The summed E-state index contributed by atoms with van der Waals surface area (Å²) in [6.07, 6.45) is 1.06. The van der Waals surface area contributed by atoms with Gasteiger partial charge in [-0.25, -0.2) is 0 Å². The van der Waals surface area contributed by atoms with E-state index in [0.29, 0.717) is 36.7 Å². The van der Waals surface area contributed by atoms with Gasteiger partial charge >= 0.3 is 0 Å². The minimum atomic E-state index is -0.0946. The number of methoxy groups -OCH3 is 1. The molecule has 0 fully saturated rings. The molecule has 0 aromatic heterocycles. The van der Waals surface area contributed by atoms with E-state index in [1.165, 1.54) is 0 Å². The zero-order valence-electron chi connectivity index (χ0n) is 10.8. The normalized spacial score (nSPS) is 9.63. The Bertz CT molecular complexity index is 492. The van der Waals surface area contributed by atoms with E-state index in [1.54, 1.807) is 25.3 Å². The van der Waals surface area contributed by atoms with Crippen molar-refractivity contribution in [3.8, 4) is 11.8 Å². The Morgan fingerprint density at radius 1 is 1.53 bits per heavy atom. The largest absolute Gasteiger partial charge is 0.385 e. The number of ether oxygens (including phenoxy) is 1. The average molecular weight is 281 g/mol. The minimum Gasteiger partial charge on any atom is -0.385 e. The van der Waals surface area contributed by atoms with Crippen LogP contribution < -0.4 is 11.1 Å². The van der Waals surface area contributed by atoms with Crippen molar-refractivity contribution in [2.45, 2.75) is 12.8 Å². The fourth-order valence-corrected chi connectivity index (χ4v) is 1.61. The predicted octanol–water partition coefficient (Wildman–Crippen LogP) is 2.02. The summed E-state index contributed by atoms with van der Waals surface area (Å²) in [4.78, 5) is 11.7. The molecule has 0 saturated carbocycles. The van der Waals surface area contributed by atoms with Crippen LogP contribution in [0.5, 0.6) is 0 Å². The van der Waals surface area contributed by atoms with Gasteiger partial charge in [0.15, 0.2) is 0 Å². The Morgan fingerprint density at radius 3 is 3.00 bits per heavy atom. The van der Waals surface area contributed by atoms with Gasteiger partial charge in [0.05, 0.1) is 17.3 Å². The SMILES string of the molecule is COCCCC(=O)Nc1cc(C#CCN)ccc1Cl. The van der Waals surface area contributed by atoms with Gasteiger partial charge in [0.1, 0.15) is 0 Å². The van der Waals surface area contributed by atoms with Crippen LogP contribution >= 0.6 is 11.6 Å². The first-order valence-corrected chi connectivity index (χ1v) is 6.32. The maximum Gasteiger partial charge on any atom is 0.224 e. The number of amides is 1. The molecule has 1 amide bonds. The van der Waals surface area contributed by atoms with Crippen molar-refractivity contribution in [1.82, 2.24) is 0 Å². The molecule has 3 N–H and O–H groups in total. The maximum atomic E-state index is 11.7. The fraction of sp³-hybridized carbons (Fsp3) is 0.357. The number of hydrogen-bond acceptors (Lipinski definition) is 3. The first-order chi connectivity index (χ1) is 9.17. The number of benzene rings is 1. The highest BCUT2D eigenvalue weighted by Gasteiger charge is 2.06. The van der Waals surface area contributed by atoms with Crippen LogP contribution in [-0.2, 0) is 9.53 Å². The minimum absolute atomic E-state index is 0.0946. The van der Waals surface area contributed by atoms with Crippen molar-refractivity contribution in [3.63, 3.8) is 0 Å². The molecular formula is C14H17ClN2O2. The quantitative estimate of drug-likeness (QED) is 0.641. The molecule has 0 bridgehead atoms. The Kier molecular flexibility index (Phi) is 6.98. The Balaban J connectivity index is 2.68. The van der Waals surface area contributed by atoms with E-state index in [1.807, 2.05) is 0 Å². The number of rotatable bonds is 5. The Hall–Kier alpha value is -1.54. The molecule has 0 radical (unpaired) electrons. The third-order valence-corrected chi connectivity index (χ3v) is 2.66. The van der Waals surface area contributed by atoms with E-state index in [9.17, 15) is 4.79 Å². The number of nitrogens with two attached hydrogens (primary N) is 1. The second-order valence-corrected chi connectivity index (χ2v) is 4.25. The van der Waals surface area contributed by atoms with Crippen molar-refractivity contribution in [2.75, 3.05) is 25.6 Å². The molecule has 4 nitrogen and oxygen atoms in total. The van der Waals surface area contributed by atoms with E-state index in [2.05, 4.69) is 17.2 Å². The third kappa shape index (κ3) is 5.75. The Labute approximate surface area is 118 Å². The lowest BCUT2D eigenvalue weighted by Gasteiger charge is -2.07. The molecule has 0 heterocycles. The predicted molar refractivity (Wildman–Crippen MR) is 77.1 cm³/mol. The summed E-state index contributed by atoms with van der Waals surface area (Å²) < 4.78 is 4.89. The summed E-state index contributed by atoms with van der Waals surface area (Å²) in [5.41, 5.74) is 6.64. The van der Waals surface area contributed by atoms with Crippen LogP contribution in [0.25, 0.3) is 0 Å². The highest BCUT2D eigenvalue weighted by molar-refractivity contribution is 6.33. The van der Waals surface area contributed by atoms with E-state index in [4.69, 9.17) is 22.1 Å². The van der Waals surface area contributed by atoms with Crippen LogP contribution in [0.1, 0.15) is 18.4 Å². The maximum absolute atomic E-state index is 11.7. The standard InChI is InChI=1S/C14H17ClN2O2/c1-19-9-3-5-14(18)17-13-10-11(4-2-8-16)6-7-12(13)15/h6-7,10H,3,5,8-9,16H2,1H3,(H,17,18). The second kappa shape index (κ2) is 8.54. The van der Waals surface area contributed by atoms with Gasteiger partial charge in [-0.2, -0.15) is 0 Å². The number of anilines is 1. The summed E-state index contributed by atoms with van der Waals surface area (Å²) >= 11 is 6.02. The zero-order valence-corrected chi connectivity index (χ0v) is 11.6. The van der Waals surface area contributed by atoms with Crippen LogP contribution in [0.4, 0.5) is 5.69 Å². The van der Waals surface area contributed by atoms with Gasteiger partial charge in [-0.05, 0) is 24.6 Å². The summed E-state index contributed by atoms with van der Waals surface area (Å²) in [6.45, 7) is 0.852. The molecule has 0 aliphatic carbocycles. The third-order valence-electron chi connectivity index (χ3n) is 2.33. The van der Waals surface area contributed by atoms with Crippen LogP contribution in [0.15, 0.2) is 18.2 Å². The molecule has 5 heteroatoms. The van der Waals surface area contributed by atoms with Crippen molar-refractivity contribution in [2.24, 2.45) is 5.73 Å². The van der Waals surface area contributed by atoms with Gasteiger partial charge in [0, 0.05) is 25.7 Å². The highest BCUT2D eigenvalue weighted by Crippen LogP contribution is 2.23. The molecule has 0 spiro atoms. The Morgan fingerprint density at radius 2 is 2.32 bits per heavy atom. The summed E-state index contributed by atoms with van der Waals surface area (Å²) in [5, 5.41) is 3.25. The average Bonchev–Trinajstić information content (AvgIpc) is 2.40. The van der Waals surface area contributed by atoms with Gasteiger partial charge in [-0.1, -0.05) is 23.4 Å². The van der Waals surface area contributed by atoms with Gasteiger partial charge in [-0.15, -0.1) is 0 Å². The monoisotopic (exact) mass is 280 g/mol. The van der Waals surface area contributed by atoms with Gasteiger partial charge < -0.3 is 15.8 Å². The molecule has 0 aliphatic rings. The molecule has 1 aromatic carbocycles. The molecule has 0 atom stereocenters. The number of halogens is 1. The van der Waals surface area contributed by atoms with Crippen LogP contribution in [0.2, 0.25) is 5.02 Å². The van der Waals surface area contributed by atoms with Crippen molar-refractivity contribution in [3.05, 3.63) is 28.8 Å². The van der Waals surface area contributed by atoms with Crippen LogP contribution in [0, 0.1) is 11.8 Å². The first kappa shape index (κ1) is 15.5. The fourth-order valence-electron chi connectivity index (χ4n) is 1.44. The number of nitrogens with one attached hydrogen (secondary N) is 1. The first-order valence-electron chi connectivity index (χ1n) is 5.94. The number of carbonyl (C=O) groups excluding carboxylic acids is 1. The molecule has 0 aliphatic heterocycles. The molecule has 19 heavy (non-hydrogen) atoms. The van der Waals surface area contributed by atoms with E-state index < -0.39 is 0 Å². The molecule has 1 aromatic rings. The summed E-state index contributed by atoms with van der Waals surface area (Å²) in [6, 6.07) is 5.22. The lowest BCUT2D eigenvalue weighted by Crippen LogP contribution is -2.12. The number of carbonyl (C=O) groups is 1. The van der Waals surface area contributed by atoms with E-state index in [-0.39, 0.29) is 5.91 Å². The molecule has 0 saturated heterocycles. The summed E-state index contributed by atoms with van der Waals surface area (Å²) in [5.74, 6) is 5.55. The molecule has 1 rings (SSSR count). The van der Waals surface area contributed by atoms with E-state index >= 15 is 0 Å². The van der Waals surface area contributed by atoms with Crippen molar-refractivity contribution < 1.29 is 9.53 Å². The molecule has 102 valence electrons. The van der Waals surface area contributed by atoms with Crippen molar-refractivity contribution >= 4 is 23.2 Å². The molecular weight excluding hydrogens is 264 g/mol.